The van der Waals surface area contributed by atoms with E-state index in [9.17, 15) is 5.11 Å². The predicted molar refractivity (Wildman–Crippen MR) is 70.2 cm³/mol. The number of hydrogen-bond acceptors (Lipinski definition) is 3. The molecule has 94 valence electrons. The van der Waals surface area contributed by atoms with Gasteiger partial charge in [-0.3, -0.25) is 4.90 Å². The molecule has 0 amide bonds. The molecule has 3 heteroatoms. The van der Waals surface area contributed by atoms with Crippen LogP contribution in [0.3, 0.4) is 0 Å². The second-order valence-corrected chi connectivity index (χ2v) is 4.75. The Morgan fingerprint density at radius 1 is 1.47 bits per heavy atom. The van der Waals surface area contributed by atoms with Crippen LogP contribution in [0.4, 0.5) is 0 Å². The van der Waals surface area contributed by atoms with E-state index in [2.05, 4.69) is 17.1 Å². The van der Waals surface area contributed by atoms with E-state index >= 15 is 0 Å². The lowest BCUT2D eigenvalue weighted by Crippen LogP contribution is -2.31. The van der Waals surface area contributed by atoms with Crippen molar-refractivity contribution in [1.29, 1.82) is 0 Å². The summed E-state index contributed by atoms with van der Waals surface area (Å²) < 4.78 is 0. The van der Waals surface area contributed by atoms with Gasteiger partial charge in [-0.05, 0) is 26.0 Å². The fourth-order valence-electron chi connectivity index (χ4n) is 2.75. The zero-order chi connectivity index (χ0) is 12.3. The van der Waals surface area contributed by atoms with E-state index in [-0.39, 0.29) is 0 Å². The number of phenolic OH excluding ortho intramolecular Hbond substituents is 1. The number of likely N-dealkylation sites (tertiary alicyclic amines) is 1. The van der Waals surface area contributed by atoms with Crippen molar-refractivity contribution in [1.82, 2.24) is 10.2 Å². The molecule has 0 bridgehead atoms. The summed E-state index contributed by atoms with van der Waals surface area (Å²) in [5.41, 5.74) is 1.06. The summed E-state index contributed by atoms with van der Waals surface area (Å²) in [4.78, 5) is 2.47. The molecule has 2 atom stereocenters. The molecule has 17 heavy (non-hydrogen) atoms. The van der Waals surface area contributed by atoms with Gasteiger partial charge in [-0.25, -0.2) is 0 Å². The van der Waals surface area contributed by atoms with Crippen molar-refractivity contribution >= 4 is 0 Å². The Morgan fingerprint density at radius 2 is 2.24 bits per heavy atom. The van der Waals surface area contributed by atoms with Gasteiger partial charge in [0.05, 0.1) is 0 Å². The van der Waals surface area contributed by atoms with E-state index < -0.39 is 0 Å². The monoisotopic (exact) mass is 234 g/mol. The first kappa shape index (κ1) is 12.4. The maximum Gasteiger partial charge on any atom is 0.120 e. The molecule has 1 aromatic rings. The first-order chi connectivity index (χ1) is 8.26. The Kier molecular flexibility index (Phi) is 4.02. The Balaban J connectivity index is 2.15. The van der Waals surface area contributed by atoms with Gasteiger partial charge < -0.3 is 10.4 Å². The van der Waals surface area contributed by atoms with Crippen LogP contribution < -0.4 is 5.32 Å². The molecule has 1 saturated heterocycles. The molecular formula is C14H22N2O. The van der Waals surface area contributed by atoms with Gasteiger partial charge in [-0.15, -0.1) is 0 Å². The first-order valence-corrected chi connectivity index (χ1v) is 6.45. The van der Waals surface area contributed by atoms with Crippen molar-refractivity contribution in [3.05, 3.63) is 29.8 Å². The van der Waals surface area contributed by atoms with Crippen molar-refractivity contribution in [2.75, 3.05) is 20.1 Å². The molecule has 0 saturated carbocycles. The lowest BCUT2D eigenvalue weighted by atomic mass is 10.0. The molecule has 1 heterocycles. The van der Waals surface area contributed by atoms with E-state index in [1.165, 1.54) is 6.42 Å². The van der Waals surface area contributed by atoms with Crippen molar-refractivity contribution in [3.63, 3.8) is 0 Å². The second-order valence-electron chi connectivity index (χ2n) is 4.75. The minimum absolute atomic E-state index is 0.342. The van der Waals surface area contributed by atoms with Crippen LogP contribution in [0.2, 0.25) is 0 Å². The van der Waals surface area contributed by atoms with Crippen LogP contribution in [0.25, 0.3) is 0 Å². The normalized spacial score (nSPS) is 22.8. The van der Waals surface area contributed by atoms with Crippen LogP contribution in [-0.2, 0) is 0 Å². The van der Waals surface area contributed by atoms with E-state index in [4.69, 9.17) is 0 Å². The van der Waals surface area contributed by atoms with Gasteiger partial charge in [-0.2, -0.15) is 0 Å². The van der Waals surface area contributed by atoms with Gasteiger partial charge in [0.25, 0.3) is 0 Å². The third kappa shape index (κ3) is 2.61. The van der Waals surface area contributed by atoms with Gasteiger partial charge in [0.15, 0.2) is 0 Å². The van der Waals surface area contributed by atoms with Crippen molar-refractivity contribution in [2.45, 2.75) is 31.8 Å². The van der Waals surface area contributed by atoms with Gasteiger partial charge in [-0.1, -0.05) is 25.1 Å². The number of nitrogens with zero attached hydrogens (tertiary/aromatic N) is 1. The fourth-order valence-corrected chi connectivity index (χ4v) is 2.75. The highest BCUT2D eigenvalue weighted by molar-refractivity contribution is 5.34. The Morgan fingerprint density at radius 3 is 2.82 bits per heavy atom. The third-order valence-electron chi connectivity index (χ3n) is 3.75. The molecule has 0 radical (unpaired) electrons. The van der Waals surface area contributed by atoms with Crippen LogP contribution in [0, 0.1) is 0 Å². The van der Waals surface area contributed by atoms with Crippen molar-refractivity contribution < 1.29 is 5.11 Å². The quantitative estimate of drug-likeness (QED) is 0.838. The minimum Gasteiger partial charge on any atom is -0.508 e. The second kappa shape index (κ2) is 5.52. The number of phenols is 1. The zero-order valence-electron chi connectivity index (χ0n) is 10.7. The molecule has 2 rings (SSSR count). The molecule has 0 spiro atoms. The van der Waals surface area contributed by atoms with Crippen LogP contribution in [0.1, 0.15) is 31.4 Å². The van der Waals surface area contributed by atoms with Crippen LogP contribution in [-0.4, -0.2) is 36.2 Å². The van der Waals surface area contributed by atoms with Crippen molar-refractivity contribution in [2.24, 2.45) is 0 Å². The van der Waals surface area contributed by atoms with E-state index in [1.807, 2.05) is 25.2 Å². The van der Waals surface area contributed by atoms with Gasteiger partial charge >= 0.3 is 0 Å². The van der Waals surface area contributed by atoms with Crippen molar-refractivity contribution in [3.8, 4) is 5.75 Å². The standard InChI is InChI=1S/C14H22N2O/c1-3-13(12-6-4-5-7-14(12)17)16-9-8-11(10-16)15-2/h4-7,11,13,15,17H,3,8-10H2,1-2H3. The van der Waals surface area contributed by atoms with Crippen LogP contribution >= 0.6 is 0 Å². The smallest absolute Gasteiger partial charge is 0.120 e. The predicted octanol–water partition coefficient (Wildman–Crippen LogP) is 2.14. The van der Waals surface area contributed by atoms with Crippen LogP contribution in [0.15, 0.2) is 24.3 Å². The zero-order valence-corrected chi connectivity index (χ0v) is 10.7. The Bertz CT molecular complexity index is 367. The highest BCUT2D eigenvalue weighted by Crippen LogP contribution is 2.32. The average Bonchev–Trinajstić information content (AvgIpc) is 2.81. The molecule has 2 unspecified atom stereocenters. The van der Waals surface area contributed by atoms with E-state index in [0.29, 0.717) is 17.8 Å². The topological polar surface area (TPSA) is 35.5 Å². The minimum atomic E-state index is 0.342. The summed E-state index contributed by atoms with van der Waals surface area (Å²) in [5, 5.41) is 13.3. The maximum atomic E-state index is 9.95. The lowest BCUT2D eigenvalue weighted by Gasteiger charge is -2.27. The van der Waals surface area contributed by atoms with E-state index in [0.717, 1.165) is 25.1 Å². The molecule has 2 N–H and O–H groups in total. The van der Waals surface area contributed by atoms with E-state index in [1.54, 1.807) is 6.07 Å². The summed E-state index contributed by atoms with van der Waals surface area (Å²) in [6.45, 7) is 4.37. The maximum absolute atomic E-state index is 9.95. The molecule has 3 nitrogen and oxygen atoms in total. The number of rotatable bonds is 4. The lowest BCUT2D eigenvalue weighted by molar-refractivity contribution is 0.229. The summed E-state index contributed by atoms with van der Waals surface area (Å²) in [5.74, 6) is 0.423. The number of likely N-dealkylation sites (N-methyl/N-ethyl adjacent to an activating group) is 1. The number of nitrogens with one attached hydrogen (secondary N) is 1. The number of benzene rings is 1. The largest absolute Gasteiger partial charge is 0.508 e. The molecule has 1 fully saturated rings. The molecule has 0 aromatic heterocycles. The first-order valence-electron chi connectivity index (χ1n) is 6.45. The molecule has 1 aliphatic rings. The van der Waals surface area contributed by atoms with Gasteiger partial charge in [0.2, 0.25) is 0 Å². The van der Waals surface area contributed by atoms with Gasteiger partial charge in [0.1, 0.15) is 5.75 Å². The number of aromatic hydroxyl groups is 1. The molecule has 1 aliphatic heterocycles. The summed E-state index contributed by atoms with van der Waals surface area (Å²) in [7, 11) is 2.02. The summed E-state index contributed by atoms with van der Waals surface area (Å²) in [6, 6.07) is 8.64. The molecule has 0 aliphatic carbocycles. The average molecular weight is 234 g/mol. The summed E-state index contributed by atoms with van der Waals surface area (Å²) >= 11 is 0. The molecular weight excluding hydrogens is 212 g/mol. The number of para-hydroxylation sites is 1. The molecule has 1 aromatic carbocycles. The van der Waals surface area contributed by atoms with Gasteiger partial charge in [0, 0.05) is 30.7 Å². The van der Waals surface area contributed by atoms with Crippen LogP contribution in [0.5, 0.6) is 5.75 Å². The SMILES string of the molecule is CCC(c1ccccc1O)N1CCC(NC)C1. The Labute approximate surface area is 103 Å². The fraction of sp³-hybridized carbons (Fsp3) is 0.571. The highest BCUT2D eigenvalue weighted by Gasteiger charge is 2.28. The number of hydrogen-bond donors (Lipinski definition) is 2. The summed E-state index contributed by atoms with van der Waals surface area (Å²) in [6.07, 6.45) is 2.23. The third-order valence-corrected chi connectivity index (χ3v) is 3.75. The Hall–Kier alpha value is -1.06. The highest BCUT2D eigenvalue weighted by atomic mass is 16.3.